The van der Waals surface area contributed by atoms with E-state index in [9.17, 15) is 14.9 Å². The van der Waals surface area contributed by atoms with E-state index < -0.39 is 4.92 Å². The molecule has 0 N–H and O–H groups in total. The summed E-state index contributed by atoms with van der Waals surface area (Å²) in [5.41, 5.74) is -0.281. The maximum Gasteiger partial charge on any atom is 0.323 e. The van der Waals surface area contributed by atoms with Crippen LogP contribution in [0.15, 0.2) is 24.3 Å². The number of hydrogen-bond acceptors (Lipinski definition) is 5. The second-order valence-corrected chi connectivity index (χ2v) is 5.55. The molecule has 0 saturated heterocycles. The third kappa shape index (κ3) is 2.92. The van der Waals surface area contributed by atoms with Crippen molar-refractivity contribution in [3.05, 3.63) is 49.3 Å². The van der Waals surface area contributed by atoms with Gasteiger partial charge in [0.2, 0.25) is 0 Å². The van der Waals surface area contributed by atoms with E-state index in [1.165, 1.54) is 19.1 Å². The van der Waals surface area contributed by atoms with Crippen LogP contribution in [0.4, 0.5) is 5.69 Å². The fourth-order valence-electron chi connectivity index (χ4n) is 1.40. The number of halogens is 2. The number of ketones is 1. The molecule has 20 heavy (non-hydrogen) atoms. The van der Waals surface area contributed by atoms with Crippen molar-refractivity contribution in [2.24, 2.45) is 0 Å². The highest BCUT2D eigenvalue weighted by molar-refractivity contribution is 7.16. The zero-order chi connectivity index (χ0) is 14.9. The summed E-state index contributed by atoms with van der Waals surface area (Å²) in [6.45, 7) is 1.33. The minimum absolute atomic E-state index is 0.00985. The lowest BCUT2D eigenvalue weighted by Crippen LogP contribution is -1.90. The van der Waals surface area contributed by atoms with Crippen molar-refractivity contribution in [1.82, 2.24) is 0 Å². The molecule has 0 amide bonds. The normalized spacial score (nSPS) is 10.3. The molecule has 1 heterocycles. The predicted molar refractivity (Wildman–Crippen MR) is 77.5 cm³/mol. The van der Waals surface area contributed by atoms with Gasteiger partial charge in [0.25, 0.3) is 5.06 Å². The van der Waals surface area contributed by atoms with E-state index >= 15 is 0 Å². The second kappa shape index (κ2) is 5.78. The molecule has 0 spiro atoms. The minimum atomic E-state index is -0.614. The van der Waals surface area contributed by atoms with E-state index in [2.05, 4.69) is 0 Å². The average Bonchev–Trinajstić information content (AvgIpc) is 2.79. The molecule has 0 atom stereocenters. The number of nitro groups is 1. The van der Waals surface area contributed by atoms with Crippen LogP contribution < -0.4 is 4.74 Å². The molecule has 0 radical (unpaired) electrons. The van der Waals surface area contributed by atoms with Gasteiger partial charge in [0.1, 0.15) is 10.8 Å². The highest BCUT2D eigenvalue weighted by Gasteiger charge is 2.23. The summed E-state index contributed by atoms with van der Waals surface area (Å²) in [7, 11) is 0. The SMILES string of the molecule is CC(=O)c1cc([N+](=O)[O-])c(Oc2cccc(Cl)c2Cl)s1. The summed E-state index contributed by atoms with van der Waals surface area (Å²) in [4.78, 5) is 21.9. The van der Waals surface area contributed by atoms with Crippen LogP contribution in [0.1, 0.15) is 16.6 Å². The Morgan fingerprint density at radius 3 is 2.70 bits per heavy atom. The number of hydrogen-bond donors (Lipinski definition) is 0. The molecule has 0 aliphatic carbocycles. The monoisotopic (exact) mass is 331 g/mol. The fraction of sp³-hybridized carbons (Fsp3) is 0.0833. The third-order valence-electron chi connectivity index (χ3n) is 2.34. The van der Waals surface area contributed by atoms with Crippen molar-refractivity contribution in [3.63, 3.8) is 0 Å². The van der Waals surface area contributed by atoms with Gasteiger partial charge in [0, 0.05) is 6.07 Å². The van der Waals surface area contributed by atoms with Crippen LogP contribution in [-0.4, -0.2) is 10.7 Å². The third-order valence-corrected chi connectivity index (χ3v) is 4.25. The summed E-state index contributed by atoms with van der Waals surface area (Å²) in [6.07, 6.45) is 0. The van der Waals surface area contributed by atoms with Crippen LogP contribution in [0.2, 0.25) is 10.0 Å². The Balaban J connectivity index is 2.45. The van der Waals surface area contributed by atoms with E-state index in [1.54, 1.807) is 12.1 Å². The van der Waals surface area contributed by atoms with Crippen molar-refractivity contribution in [2.45, 2.75) is 6.92 Å². The number of Topliss-reactive ketones (excluding diaryl/α,β-unsaturated/α-hetero) is 1. The summed E-state index contributed by atoms with van der Waals surface area (Å²) in [6, 6.07) is 5.89. The van der Waals surface area contributed by atoms with Crippen molar-refractivity contribution in [3.8, 4) is 10.8 Å². The molecule has 0 saturated carbocycles. The summed E-state index contributed by atoms with van der Waals surface area (Å²) in [5, 5.41) is 11.4. The molecule has 1 aromatic carbocycles. The number of nitrogens with zero attached hydrogens (tertiary/aromatic N) is 1. The number of ether oxygens (including phenoxy) is 1. The smallest absolute Gasteiger partial charge is 0.323 e. The molecule has 1 aromatic heterocycles. The van der Waals surface area contributed by atoms with Gasteiger partial charge in [0.15, 0.2) is 5.78 Å². The Hall–Kier alpha value is -1.63. The zero-order valence-electron chi connectivity index (χ0n) is 10.1. The quantitative estimate of drug-likeness (QED) is 0.451. The Morgan fingerprint density at radius 1 is 1.40 bits per heavy atom. The first-order chi connectivity index (χ1) is 9.40. The highest BCUT2D eigenvalue weighted by Crippen LogP contribution is 2.42. The van der Waals surface area contributed by atoms with E-state index in [1.807, 2.05) is 0 Å². The first kappa shape index (κ1) is 14.8. The molecule has 0 aliphatic rings. The maximum absolute atomic E-state index is 11.3. The van der Waals surface area contributed by atoms with Gasteiger partial charge >= 0.3 is 5.69 Å². The summed E-state index contributed by atoms with van der Waals surface area (Å²) < 4.78 is 5.42. The van der Waals surface area contributed by atoms with Gasteiger partial charge in [-0.3, -0.25) is 14.9 Å². The molecule has 0 aliphatic heterocycles. The standard InChI is InChI=1S/C12H7Cl2NO4S/c1-6(16)10-5-8(15(17)18)12(20-10)19-9-4-2-3-7(13)11(9)14/h2-5H,1H3. The molecule has 5 nitrogen and oxygen atoms in total. The topological polar surface area (TPSA) is 69.4 Å². The first-order valence-corrected chi connectivity index (χ1v) is 6.88. The molecule has 0 bridgehead atoms. The summed E-state index contributed by atoms with van der Waals surface area (Å²) >= 11 is 12.7. The van der Waals surface area contributed by atoms with Gasteiger partial charge in [-0.1, -0.05) is 40.6 Å². The van der Waals surface area contributed by atoms with Crippen LogP contribution in [0.25, 0.3) is 0 Å². The van der Waals surface area contributed by atoms with Crippen LogP contribution in [-0.2, 0) is 0 Å². The van der Waals surface area contributed by atoms with Gasteiger partial charge in [0.05, 0.1) is 14.8 Å². The second-order valence-electron chi connectivity index (χ2n) is 3.75. The van der Waals surface area contributed by atoms with Gasteiger partial charge < -0.3 is 4.74 Å². The van der Waals surface area contributed by atoms with Gasteiger partial charge in [-0.2, -0.15) is 0 Å². The van der Waals surface area contributed by atoms with Gasteiger partial charge in [-0.15, -0.1) is 0 Å². The number of rotatable bonds is 4. The lowest BCUT2D eigenvalue weighted by Gasteiger charge is -2.05. The van der Waals surface area contributed by atoms with Crippen molar-refractivity contribution < 1.29 is 14.5 Å². The van der Waals surface area contributed by atoms with Crippen LogP contribution >= 0.6 is 34.5 Å². The van der Waals surface area contributed by atoms with Gasteiger partial charge in [-0.25, -0.2) is 0 Å². The Kier molecular flexibility index (Phi) is 4.27. The lowest BCUT2D eigenvalue weighted by atomic mass is 10.3. The van der Waals surface area contributed by atoms with E-state index in [0.29, 0.717) is 0 Å². The zero-order valence-corrected chi connectivity index (χ0v) is 12.4. The summed E-state index contributed by atoms with van der Waals surface area (Å²) in [5.74, 6) is -0.0793. The minimum Gasteiger partial charge on any atom is -0.438 e. The number of benzene rings is 1. The highest BCUT2D eigenvalue weighted by atomic mass is 35.5. The van der Waals surface area contributed by atoms with Crippen molar-refractivity contribution in [2.75, 3.05) is 0 Å². The molecule has 2 rings (SSSR count). The van der Waals surface area contributed by atoms with Crippen molar-refractivity contribution in [1.29, 1.82) is 0 Å². The lowest BCUT2D eigenvalue weighted by molar-refractivity contribution is -0.385. The predicted octanol–water partition coefficient (Wildman–Crippen LogP) is 4.96. The van der Waals surface area contributed by atoms with Crippen LogP contribution in [0.3, 0.4) is 0 Å². The van der Waals surface area contributed by atoms with Gasteiger partial charge in [-0.05, 0) is 19.1 Å². The van der Waals surface area contributed by atoms with Crippen LogP contribution in [0, 0.1) is 10.1 Å². The Morgan fingerprint density at radius 2 is 2.10 bits per heavy atom. The Bertz CT molecular complexity index is 699. The van der Waals surface area contributed by atoms with E-state index in [0.717, 1.165) is 11.3 Å². The molecule has 0 unspecified atom stereocenters. The first-order valence-electron chi connectivity index (χ1n) is 5.31. The average molecular weight is 332 g/mol. The maximum atomic E-state index is 11.3. The molecular weight excluding hydrogens is 325 g/mol. The number of thiophene rings is 1. The Labute approximate surface area is 127 Å². The molecule has 104 valence electrons. The number of carbonyl (C=O) groups is 1. The molecule has 0 fully saturated rings. The van der Waals surface area contributed by atoms with Crippen molar-refractivity contribution >= 4 is 46.0 Å². The van der Waals surface area contributed by atoms with E-state index in [4.69, 9.17) is 27.9 Å². The van der Waals surface area contributed by atoms with E-state index in [-0.39, 0.29) is 37.2 Å². The number of carbonyl (C=O) groups excluding carboxylic acids is 1. The fourth-order valence-corrected chi connectivity index (χ4v) is 2.62. The molecular formula is C12H7Cl2NO4S. The largest absolute Gasteiger partial charge is 0.438 e. The molecule has 2 aromatic rings. The molecule has 8 heteroatoms. The van der Waals surface area contributed by atoms with Crippen LogP contribution in [0.5, 0.6) is 10.8 Å².